The van der Waals surface area contributed by atoms with Gasteiger partial charge in [0.05, 0.1) is 22.7 Å². The molecule has 126 valence electrons. The van der Waals surface area contributed by atoms with E-state index in [0.717, 1.165) is 0 Å². The summed E-state index contributed by atoms with van der Waals surface area (Å²) >= 11 is 0. The van der Waals surface area contributed by atoms with Crippen molar-refractivity contribution in [2.75, 3.05) is 0 Å². The van der Waals surface area contributed by atoms with Gasteiger partial charge >= 0.3 is 0 Å². The summed E-state index contributed by atoms with van der Waals surface area (Å²) in [5, 5.41) is 40.9. The molecular weight excluding hydrogens is 332 g/mol. The fourth-order valence-corrected chi connectivity index (χ4v) is 6.64. The van der Waals surface area contributed by atoms with Crippen molar-refractivity contribution in [3.8, 4) is 0 Å². The van der Waals surface area contributed by atoms with Crippen LogP contribution in [0.25, 0.3) is 0 Å². The highest BCUT2D eigenvalue weighted by molar-refractivity contribution is 8.77. The first-order valence-corrected chi connectivity index (χ1v) is 9.61. The summed E-state index contributed by atoms with van der Waals surface area (Å²) in [4.78, 5) is 21.5. The van der Waals surface area contributed by atoms with Gasteiger partial charge in [0.15, 0.2) is 0 Å². The van der Waals surface area contributed by atoms with E-state index in [4.69, 9.17) is 0 Å². The molecule has 0 spiro atoms. The quantitative estimate of drug-likeness (QED) is 0.433. The second kappa shape index (κ2) is 7.80. The van der Waals surface area contributed by atoms with Crippen LogP contribution in [-0.4, -0.2) is 54.9 Å². The molecule has 0 aromatic rings. The first-order valence-electron chi connectivity index (χ1n) is 7.33. The third-order valence-electron chi connectivity index (χ3n) is 4.30. The normalized spacial score (nSPS) is 39.4. The van der Waals surface area contributed by atoms with Gasteiger partial charge in [-0.15, -0.1) is 0 Å². The van der Waals surface area contributed by atoms with Crippen LogP contribution in [0.4, 0.5) is 0 Å². The molecule has 0 radical (unpaired) electrons. The molecule has 0 unspecified atom stereocenters. The molecule has 8 nitrogen and oxygen atoms in total. The molecule has 2 saturated carbocycles. The molecule has 0 aromatic heterocycles. The van der Waals surface area contributed by atoms with Gasteiger partial charge in [-0.2, -0.15) is 0 Å². The van der Waals surface area contributed by atoms with Gasteiger partial charge in [-0.05, 0) is 25.7 Å². The molecule has 0 heterocycles. The summed E-state index contributed by atoms with van der Waals surface area (Å²) in [6.07, 6.45) is 1.18. The highest BCUT2D eigenvalue weighted by Gasteiger charge is 2.42. The Morgan fingerprint density at radius 1 is 0.773 bits per heavy atom. The highest BCUT2D eigenvalue weighted by atomic mass is 33.1. The summed E-state index contributed by atoms with van der Waals surface area (Å²) in [6, 6.07) is -1.60. The molecule has 0 amide bonds. The highest BCUT2D eigenvalue weighted by Crippen LogP contribution is 2.43. The number of rotatable bonds is 5. The monoisotopic (exact) mass is 352 g/mol. The zero-order valence-electron chi connectivity index (χ0n) is 11.9. The lowest BCUT2D eigenvalue weighted by Gasteiger charge is -2.31. The first-order chi connectivity index (χ1) is 10.4. The maximum Gasteiger partial charge on any atom is 0.228 e. The maximum absolute atomic E-state index is 11.1. The first kappa shape index (κ1) is 17.8. The second-order valence-electron chi connectivity index (χ2n) is 5.91. The van der Waals surface area contributed by atoms with Crippen LogP contribution < -0.4 is 0 Å². The van der Waals surface area contributed by atoms with E-state index in [1.165, 1.54) is 21.6 Å². The van der Waals surface area contributed by atoms with Gasteiger partial charge < -0.3 is 10.2 Å². The second-order valence-corrected chi connectivity index (χ2v) is 8.66. The van der Waals surface area contributed by atoms with E-state index in [0.29, 0.717) is 25.7 Å². The Labute approximate surface area is 135 Å². The molecule has 2 aliphatic carbocycles. The van der Waals surface area contributed by atoms with Gasteiger partial charge in [-0.3, -0.25) is 20.2 Å². The molecule has 2 fully saturated rings. The number of hydrogen-bond donors (Lipinski definition) is 2. The van der Waals surface area contributed by atoms with E-state index in [1.54, 1.807) is 0 Å². The lowest BCUT2D eigenvalue weighted by molar-refractivity contribution is -0.526. The van der Waals surface area contributed by atoms with Gasteiger partial charge in [0.1, 0.15) is 0 Å². The summed E-state index contributed by atoms with van der Waals surface area (Å²) in [6.45, 7) is 0. The predicted molar refractivity (Wildman–Crippen MR) is 84.0 cm³/mol. The van der Waals surface area contributed by atoms with Crippen LogP contribution in [-0.2, 0) is 0 Å². The van der Waals surface area contributed by atoms with Crippen LogP contribution in [0.1, 0.15) is 38.5 Å². The van der Waals surface area contributed by atoms with Crippen LogP contribution in [0.3, 0.4) is 0 Å². The van der Waals surface area contributed by atoms with Gasteiger partial charge in [-0.1, -0.05) is 21.6 Å². The zero-order chi connectivity index (χ0) is 16.3. The minimum atomic E-state index is -0.801. The van der Waals surface area contributed by atoms with Crippen molar-refractivity contribution in [2.24, 2.45) is 0 Å². The Balaban J connectivity index is 1.92. The van der Waals surface area contributed by atoms with Gasteiger partial charge in [0, 0.05) is 22.7 Å². The van der Waals surface area contributed by atoms with E-state index in [1.807, 2.05) is 0 Å². The number of aliphatic hydroxyl groups excluding tert-OH is 2. The molecule has 2 rings (SSSR count). The minimum Gasteiger partial charge on any atom is -0.393 e. The van der Waals surface area contributed by atoms with Gasteiger partial charge in [-0.25, -0.2) is 0 Å². The van der Waals surface area contributed by atoms with Crippen molar-refractivity contribution in [3.05, 3.63) is 20.2 Å². The number of aliphatic hydroxyl groups is 2. The van der Waals surface area contributed by atoms with Crippen LogP contribution in [0, 0.1) is 20.2 Å². The molecule has 2 aliphatic rings. The maximum atomic E-state index is 11.1. The summed E-state index contributed by atoms with van der Waals surface area (Å²) in [5.74, 6) is 0. The molecular formula is C12H20N2O6S2. The molecule has 0 saturated heterocycles. The van der Waals surface area contributed by atoms with Crippen molar-refractivity contribution < 1.29 is 20.1 Å². The van der Waals surface area contributed by atoms with Crippen LogP contribution >= 0.6 is 21.6 Å². The van der Waals surface area contributed by atoms with E-state index >= 15 is 0 Å². The SMILES string of the molecule is O=[N+]([O-])[C@@H]1C[C@H](O)CC[C@@H]1SS[C@@H]1CC[C@H](O)C[C@@H]1[N+](=O)[O-]. The zero-order valence-corrected chi connectivity index (χ0v) is 13.6. The summed E-state index contributed by atoms with van der Waals surface area (Å²) in [5.41, 5.74) is 0. The largest absolute Gasteiger partial charge is 0.393 e. The molecule has 2 N–H and O–H groups in total. The Kier molecular flexibility index (Phi) is 6.30. The lowest BCUT2D eigenvalue weighted by atomic mass is 9.93. The van der Waals surface area contributed by atoms with E-state index in [9.17, 15) is 30.4 Å². The minimum absolute atomic E-state index is 0.146. The Bertz CT molecular complexity index is 388. The Hall–Kier alpha value is -0.580. The van der Waals surface area contributed by atoms with E-state index in [-0.39, 0.29) is 33.2 Å². The Morgan fingerprint density at radius 2 is 1.14 bits per heavy atom. The van der Waals surface area contributed by atoms with E-state index < -0.39 is 24.3 Å². The number of nitrogens with zero attached hydrogens (tertiary/aromatic N) is 2. The van der Waals surface area contributed by atoms with Crippen molar-refractivity contribution >= 4 is 21.6 Å². The molecule has 0 aromatic carbocycles. The van der Waals surface area contributed by atoms with Crippen LogP contribution in [0.5, 0.6) is 0 Å². The van der Waals surface area contributed by atoms with Crippen molar-refractivity contribution in [2.45, 2.75) is 73.3 Å². The third kappa shape index (κ3) is 4.46. The average molecular weight is 352 g/mol. The van der Waals surface area contributed by atoms with Gasteiger partial charge in [0.2, 0.25) is 12.1 Å². The van der Waals surface area contributed by atoms with Crippen LogP contribution in [0.2, 0.25) is 0 Å². The Morgan fingerprint density at radius 3 is 1.45 bits per heavy atom. The summed E-state index contributed by atoms with van der Waals surface area (Å²) in [7, 11) is 2.69. The summed E-state index contributed by atoms with van der Waals surface area (Å²) < 4.78 is 0. The van der Waals surface area contributed by atoms with Gasteiger partial charge in [0.25, 0.3) is 0 Å². The smallest absolute Gasteiger partial charge is 0.228 e. The predicted octanol–water partition coefficient (Wildman–Crippen LogP) is 1.49. The standard InChI is InChI=1S/C12H20N2O6S2/c15-7-1-3-11(9(5-7)13(17)18)21-22-12-4-2-8(16)6-10(12)14(19)20/h7-12,15-16H,1-6H2/t7-,8+,9-,10+,11+,12-. The molecule has 0 bridgehead atoms. The van der Waals surface area contributed by atoms with E-state index in [2.05, 4.69) is 0 Å². The van der Waals surface area contributed by atoms with Crippen molar-refractivity contribution in [1.82, 2.24) is 0 Å². The lowest BCUT2D eigenvalue weighted by Crippen LogP contribution is -2.41. The molecule has 10 heteroatoms. The van der Waals surface area contributed by atoms with Crippen molar-refractivity contribution in [3.63, 3.8) is 0 Å². The van der Waals surface area contributed by atoms with Crippen LogP contribution in [0.15, 0.2) is 0 Å². The molecule has 0 aliphatic heterocycles. The molecule has 22 heavy (non-hydrogen) atoms. The average Bonchev–Trinajstić information content (AvgIpc) is 2.46. The number of nitro groups is 2. The topological polar surface area (TPSA) is 127 Å². The number of hydrogen-bond acceptors (Lipinski definition) is 8. The molecule has 6 atom stereocenters. The fraction of sp³-hybridized carbons (Fsp3) is 1.00. The third-order valence-corrected chi connectivity index (χ3v) is 7.82. The fourth-order valence-electron chi connectivity index (χ4n) is 3.01. The van der Waals surface area contributed by atoms with Crippen molar-refractivity contribution in [1.29, 1.82) is 0 Å².